The summed E-state index contributed by atoms with van der Waals surface area (Å²) in [4.78, 5) is 14.4. The zero-order valence-corrected chi connectivity index (χ0v) is 6.61. The SMILES string of the molecule is NC(=O)Nc1cc2[nH]ncc2cn1. The quantitative estimate of drug-likeness (QED) is 0.589. The highest BCUT2D eigenvalue weighted by Crippen LogP contribution is 2.12. The summed E-state index contributed by atoms with van der Waals surface area (Å²) in [7, 11) is 0. The molecule has 0 unspecified atom stereocenters. The number of nitrogens with two attached hydrogens (primary N) is 1. The molecule has 66 valence electrons. The number of rotatable bonds is 1. The summed E-state index contributed by atoms with van der Waals surface area (Å²) in [6, 6.07) is 1.03. The molecule has 2 rings (SSSR count). The van der Waals surface area contributed by atoms with Gasteiger partial charge in [-0.1, -0.05) is 0 Å². The normalized spacial score (nSPS) is 10.2. The number of pyridine rings is 1. The second kappa shape index (κ2) is 2.74. The maximum absolute atomic E-state index is 10.5. The maximum atomic E-state index is 10.5. The van der Waals surface area contributed by atoms with E-state index in [2.05, 4.69) is 20.5 Å². The number of fused-ring (bicyclic) bond motifs is 1. The van der Waals surface area contributed by atoms with Crippen LogP contribution in [0.2, 0.25) is 0 Å². The van der Waals surface area contributed by atoms with Crippen molar-refractivity contribution in [2.24, 2.45) is 5.73 Å². The minimum Gasteiger partial charge on any atom is -0.351 e. The van der Waals surface area contributed by atoms with Gasteiger partial charge < -0.3 is 5.73 Å². The first-order valence-corrected chi connectivity index (χ1v) is 3.61. The zero-order chi connectivity index (χ0) is 9.26. The van der Waals surface area contributed by atoms with Crippen LogP contribution < -0.4 is 11.1 Å². The highest BCUT2D eigenvalue weighted by molar-refractivity contribution is 5.89. The lowest BCUT2D eigenvalue weighted by Crippen LogP contribution is -2.19. The molecule has 0 aliphatic carbocycles. The number of amides is 2. The summed E-state index contributed by atoms with van der Waals surface area (Å²) in [5.41, 5.74) is 5.73. The van der Waals surface area contributed by atoms with Gasteiger partial charge in [0.15, 0.2) is 0 Å². The summed E-state index contributed by atoms with van der Waals surface area (Å²) in [5, 5.41) is 9.81. The Morgan fingerprint density at radius 3 is 3.15 bits per heavy atom. The Bertz CT molecular complexity index is 449. The van der Waals surface area contributed by atoms with Gasteiger partial charge >= 0.3 is 6.03 Å². The number of anilines is 1. The fraction of sp³-hybridized carbons (Fsp3) is 0. The van der Waals surface area contributed by atoms with Crippen molar-refractivity contribution < 1.29 is 4.79 Å². The third-order valence-corrected chi connectivity index (χ3v) is 1.57. The Morgan fingerprint density at radius 2 is 2.38 bits per heavy atom. The average molecular weight is 177 g/mol. The van der Waals surface area contributed by atoms with Gasteiger partial charge in [-0.3, -0.25) is 10.4 Å². The number of H-pyrrole nitrogens is 1. The standard InChI is InChI=1S/C7H7N5O/c8-7(13)11-6-1-5-4(2-9-6)3-10-12-5/h1-3H,(H,10,12)(H3,8,9,11,13). The fourth-order valence-electron chi connectivity index (χ4n) is 1.03. The molecule has 0 spiro atoms. The van der Waals surface area contributed by atoms with E-state index in [1.807, 2.05) is 0 Å². The van der Waals surface area contributed by atoms with Crippen molar-refractivity contribution in [3.8, 4) is 0 Å². The Morgan fingerprint density at radius 1 is 1.54 bits per heavy atom. The van der Waals surface area contributed by atoms with Crippen LogP contribution in [0.3, 0.4) is 0 Å². The summed E-state index contributed by atoms with van der Waals surface area (Å²) in [6.07, 6.45) is 3.25. The van der Waals surface area contributed by atoms with Crippen molar-refractivity contribution in [3.05, 3.63) is 18.5 Å². The second-order valence-corrected chi connectivity index (χ2v) is 2.52. The third kappa shape index (κ3) is 1.41. The van der Waals surface area contributed by atoms with E-state index < -0.39 is 6.03 Å². The van der Waals surface area contributed by atoms with Crippen LogP contribution in [-0.2, 0) is 0 Å². The third-order valence-electron chi connectivity index (χ3n) is 1.57. The molecular weight excluding hydrogens is 170 g/mol. The molecule has 0 aromatic carbocycles. The van der Waals surface area contributed by atoms with Crippen LogP contribution in [0.25, 0.3) is 10.9 Å². The number of hydrogen-bond acceptors (Lipinski definition) is 3. The van der Waals surface area contributed by atoms with E-state index in [9.17, 15) is 4.79 Å². The zero-order valence-electron chi connectivity index (χ0n) is 6.61. The van der Waals surface area contributed by atoms with Gasteiger partial charge in [0, 0.05) is 17.6 Å². The Labute approximate surface area is 73.1 Å². The van der Waals surface area contributed by atoms with E-state index in [1.54, 1.807) is 18.5 Å². The average Bonchev–Trinajstić information content (AvgIpc) is 2.49. The predicted molar refractivity (Wildman–Crippen MR) is 47.1 cm³/mol. The molecule has 2 heterocycles. The van der Waals surface area contributed by atoms with Gasteiger partial charge in [-0.2, -0.15) is 5.10 Å². The predicted octanol–water partition coefficient (Wildman–Crippen LogP) is 0.449. The minimum absolute atomic E-state index is 0.407. The molecule has 0 radical (unpaired) electrons. The maximum Gasteiger partial charge on any atom is 0.317 e. The summed E-state index contributed by atoms with van der Waals surface area (Å²) in [5.74, 6) is 0.407. The molecule has 0 atom stereocenters. The molecule has 2 aromatic rings. The molecule has 6 nitrogen and oxygen atoms in total. The van der Waals surface area contributed by atoms with Crippen LogP contribution in [0, 0.1) is 0 Å². The number of aromatic nitrogens is 3. The Kier molecular flexibility index (Phi) is 1.59. The van der Waals surface area contributed by atoms with Gasteiger partial charge in [0.2, 0.25) is 0 Å². The lowest BCUT2D eigenvalue weighted by Gasteiger charge is -1.98. The Hall–Kier alpha value is -2.11. The molecule has 0 fully saturated rings. The van der Waals surface area contributed by atoms with Crippen LogP contribution in [0.5, 0.6) is 0 Å². The van der Waals surface area contributed by atoms with Crippen molar-refractivity contribution >= 4 is 22.8 Å². The van der Waals surface area contributed by atoms with Gasteiger partial charge in [-0.05, 0) is 0 Å². The lowest BCUT2D eigenvalue weighted by molar-refractivity contribution is 0.259. The van der Waals surface area contributed by atoms with Crippen molar-refractivity contribution in [1.29, 1.82) is 0 Å². The fourth-order valence-corrected chi connectivity index (χ4v) is 1.03. The van der Waals surface area contributed by atoms with Crippen LogP contribution >= 0.6 is 0 Å². The van der Waals surface area contributed by atoms with E-state index >= 15 is 0 Å². The van der Waals surface area contributed by atoms with E-state index in [0.29, 0.717) is 5.82 Å². The smallest absolute Gasteiger partial charge is 0.317 e. The summed E-state index contributed by atoms with van der Waals surface area (Å²) in [6.45, 7) is 0. The molecule has 2 amide bonds. The van der Waals surface area contributed by atoms with Crippen LogP contribution in [0.1, 0.15) is 0 Å². The van der Waals surface area contributed by atoms with E-state index in [0.717, 1.165) is 10.9 Å². The molecule has 0 saturated heterocycles. The Balaban J connectivity index is 2.42. The van der Waals surface area contributed by atoms with Crippen molar-refractivity contribution in [2.45, 2.75) is 0 Å². The molecule has 0 aliphatic heterocycles. The van der Waals surface area contributed by atoms with Gasteiger partial charge in [0.25, 0.3) is 0 Å². The monoisotopic (exact) mass is 177 g/mol. The van der Waals surface area contributed by atoms with Gasteiger partial charge in [-0.25, -0.2) is 9.78 Å². The number of primary amides is 1. The van der Waals surface area contributed by atoms with Crippen molar-refractivity contribution in [3.63, 3.8) is 0 Å². The number of carbonyl (C=O) groups is 1. The molecular formula is C7H7N5O. The van der Waals surface area contributed by atoms with Crippen LogP contribution in [-0.4, -0.2) is 21.2 Å². The molecule has 2 aromatic heterocycles. The van der Waals surface area contributed by atoms with Gasteiger partial charge in [0.05, 0.1) is 11.7 Å². The molecule has 0 saturated carbocycles. The lowest BCUT2D eigenvalue weighted by atomic mass is 10.3. The van der Waals surface area contributed by atoms with E-state index in [-0.39, 0.29) is 0 Å². The van der Waals surface area contributed by atoms with Crippen molar-refractivity contribution in [2.75, 3.05) is 5.32 Å². The van der Waals surface area contributed by atoms with Crippen LogP contribution in [0.4, 0.5) is 10.6 Å². The molecule has 13 heavy (non-hydrogen) atoms. The van der Waals surface area contributed by atoms with Crippen molar-refractivity contribution in [1.82, 2.24) is 15.2 Å². The molecule has 0 bridgehead atoms. The molecule has 0 aliphatic rings. The number of carbonyl (C=O) groups excluding carboxylic acids is 1. The number of hydrogen-bond donors (Lipinski definition) is 3. The topological polar surface area (TPSA) is 96.7 Å². The highest BCUT2D eigenvalue weighted by Gasteiger charge is 2.00. The first kappa shape index (κ1) is 7.53. The minimum atomic E-state index is -0.633. The number of nitrogens with zero attached hydrogens (tertiary/aromatic N) is 2. The summed E-state index contributed by atoms with van der Waals surface area (Å²) < 4.78 is 0. The van der Waals surface area contributed by atoms with Crippen LogP contribution in [0.15, 0.2) is 18.5 Å². The second-order valence-electron chi connectivity index (χ2n) is 2.52. The van der Waals surface area contributed by atoms with Gasteiger partial charge in [-0.15, -0.1) is 0 Å². The van der Waals surface area contributed by atoms with E-state index in [4.69, 9.17) is 5.73 Å². The number of urea groups is 1. The number of aromatic amines is 1. The first-order chi connectivity index (χ1) is 6.25. The largest absolute Gasteiger partial charge is 0.351 e. The molecule has 4 N–H and O–H groups in total. The number of nitrogens with one attached hydrogen (secondary N) is 2. The highest BCUT2D eigenvalue weighted by atomic mass is 16.2. The molecule has 6 heteroatoms. The first-order valence-electron chi connectivity index (χ1n) is 3.61. The van der Waals surface area contributed by atoms with E-state index in [1.165, 1.54) is 0 Å². The van der Waals surface area contributed by atoms with Gasteiger partial charge in [0.1, 0.15) is 5.82 Å². The summed E-state index contributed by atoms with van der Waals surface area (Å²) >= 11 is 0.